The van der Waals surface area contributed by atoms with Gasteiger partial charge in [0, 0.05) is 6.20 Å². The molecule has 5 nitrogen and oxygen atoms in total. The van der Waals surface area contributed by atoms with E-state index in [2.05, 4.69) is 10.5 Å². The average Bonchev–Trinajstić information content (AvgIpc) is 2.68. The first kappa shape index (κ1) is 9.26. The van der Waals surface area contributed by atoms with Gasteiger partial charge in [0.2, 0.25) is 0 Å². The molecule has 1 aromatic heterocycles. The molecular weight excluding hydrogens is 194 g/mol. The van der Waals surface area contributed by atoms with Gasteiger partial charge in [-0.1, -0.05) is 18.2 Å². The van der Waals surface area contributed by atoms with Gasteiger partial charge in [0.25, 0.3) is 0 Å². The molecule has 0 amide bonds. The topological polar surface area (TPSA) is 67.2 Å². The molecular formula is C10H9N3O2. The normalized spacial score (nSPS) is 9.87. The molecule has 0 spiro atoms. The van der Waals surface area contributed by atoms with Gasteiger partial charge in [-0.25, -0.2) is 4.79 Å². The number of aromatic nitrogens is 2. The van der Waals surface area contributed by atoms with Crippen LogP contribution in [0.25, 0.3) is 0 Å². The molecule has 0 aliphatic heterocycles. The Morgan fingerprint density at radius 1 is 1.27 bits per heavy atom. The van der Waals surface area contributed by atoms with Gasteiger partial charge < -0.3 is 5.11 Å². The number of carboxylic acid groups (broad SMARTS) is 1. The third kappa shape index (κ3) is 2.14. The summed E-state index contributed by atoms with van der Waals surface area (Å²) in [4.78, 5) is 11.9. The van der Waals surface area contributed by atoms with Crippen LogP contribution in [0.2, 0.25) is 0 Å². The molecule has 15 heavy (non-hydrogen) atoms. The van der Waals surface area contributed by atoms with Crippen molar-refractivity contribution in [2.45, 2.75) is 0 Å². The van der Waals surface area contributed by atoms with Crippen LogP contribution in [-0.2, 0) is 0 Å². The number of anilines is 1. The molecule has 2 aromatic rings. The molecule has 76 valence electrons. The number of carboxylic acids is 1. The van der Waals surface area contributed by atoms with Crippen LogP contribution in [-0.4, -0.2) is 21.0 Å². The third-order valence-electron chi connectivity index (χ3n) is 1.83. The van der Waals surface area contributed by atoms with E-state index < -0.39 is 5.97 Å². The van der Waals surface area contributed by atoms with E-state index in [4.69, 9.17) is 5.11 Å². The Balaban J connectivity index is 2.15. The molecule has 0 saturated heterocycles. The number of benzene rings is 1. The third-order valence-corrected chi connectivity index (χ3v) is 1.83. The molecule has 1 aromatic carbocycles. The molecule has 2 N–H and O–H groups in total. The van der Waals surface area contributed by atoms with Crippen molar-refractivity contribution in [1.29, 1.82) is 0 Å². The van der Waals surface area contributed by atoms with E-state index in [1.807, 2.05) is 30.3 Å². The van der Waals surface area contributed by atoms with Gasteiger partial charge in [-0.05, 0) is 18.2 Å². The van der Waals surface area contributed by atoms with Gasteiger partial charge >= 0.3 is 5.97 Å². The second-order valence-electron chi connectivity index (χ2n) is 2.93. The van der Waals surface area contributed by atoms with Gasteiger partial charge in [-0.3, -0.25) is 5.43 Å². The van der Waals surface area contributed by atoms with Crippen molar-refractivity contribution in [1.82, 2.24) is 9.89 Å². The lowest BCUT2D eigenvalue weighted by Gasteiger charge is -2.04. The Hall–Kier alpha value is -2.30. The van der Waals surface area contributed by atoms with Crippen molar-refractivity contribution in [2.75, 3.05) is 5.43 Å². The summed E-state index contributed by atoms with van der Waals surface area (Å²) in [7, 11) is 0. The molecule has 2 rings (SSSR count). The maximum absolute atomic E-state index is 10.6. The number of para-hydroxylation sites is 1. The van der Waals surface area contributed by atoms with E-state index in [0.29, 0.717) is 0 Å². The van der Waals surface area contributed by atoms with Gasteiger partial charge in [-0.2, -0.15) is 4.79 Å². The zero-order chi connectivity index (χ0) is 10.7. The van der Waals surface area contributed by atoms with Crippen LogP contribution in [0.5, 0.6) is 0 Å². The minimum absolute atomic E-state index is 0.0124. The van der Waals surface area contributed by atoms with Gasteiger partial charge in [0.1, 0.15) is 0 Å². The van der Waals surface area contributed by atoms with Crippen LogP contribution in [0, 0.1) is 0 Å². The quantitative estimate of drug-likeness (QED) is 0.792. The van der Waals surface area contributed by atoms with Crippen molar-refractivity contribution in [3.8, 4) is 0 Å². The Labute approximate surface area is 85.9 Å². The van der Waals surface area contributed by atoms with Gasteiger partial charge in [0.05, 0.1) is 5.69 Å². The first-order valence-corrected chi connectivity index (χ1v) is 4.37. The second kappa shape index (κ2) is 3.83. The molecule has 0 atom stereocenters. The molecule has 0 radical (unpaired) electrons. The number of nitrogens with one attached hydrogen (secondary N) is 1. The molecule has 0 aliphatic rings. The van der Waals surface area contributed by atoms with Gasteiger partial charge in [0.15, 0.2) is 5.69 Å². The fourth-order valence-corrected chi connectivity index (χ4v) is 1.15. The minimum Gasteiger partial charge on any atom is -0.476 e. The van der Waals surface area contributed by atoms with Crippen LogP contribution in [0.15, 0.2) is 42.6 Å². The maximum atomic E-state index is 10.6. The summed E-state index contributed by atoms with van der Waals surface area (Å²) in [5, 5.41) is 12.5. The fraction of sp³-hybridized carbons (Fsp3) is 0. The standard InChI is InChI=1S/C10H9N3O2/c14-10(15)9-6-7-13(12-9)11-8-4-2-1-3-5-8/h1-7,11H,(H,14,15). The van der Waals surface area contributed by atoms with E-state index >= 15 is 0 Å². The van der Waals surface area contributed by atoms with E-state index in [1.54, 1.807) is 6.20 Å². The molecule has 0 aliphatic carbocycles. The number of nitrogens with zero attached hydrogens (tertiary/aromatic N) is 2. The maximum Gasteiger partial charge on any atom is 0.356 e. The SMILES string of the molecule is O=C(O)c1ccn(Nc2ccccc2)n1. The summed E-state index contributed by atoms with van der Waals surface area (Å²) in [6.07, 6.45) is 1.55. The van der Waals surface area contributed by atoms with Crippen molar-refractivity contribution < 1.29 is 9.90 Å². The van der Waals surface area contributed by atoms with Crippen LogP contribution in [0.4, 0.5) is 5.69 Å². The van der Waals surface area contributed by atoms with Crippen molar-refractivity contribution in [3.63, 3.8) is 0 Å². The van der Waals surface area contributed by atoms with Gasteiger partial charge in [-0.15, -0.1) is 5.10 Å². The van der Waals surface area contributed by atoms with E-state index in [1.165, 1.54) is 10.9 Å². The number of hydrogen-bond donors (Lipinski definition) is 2. The Kier molecular flexibility index (Phi) is 2.37. The van der Waals surface area contributed by atoms with Crippen LogP contribution in [0.3, 0.4) is 0 Å². The van der Waals surface area contributed by atoms with E-state index in [-0.39, 0.29) is 5.69 Å². The summed E-state index contributed by atoms with van der Waals surface area (Å²) in [5.41, 5.74) is 3.78. The monoisotopic (exact) mass is 203 g/mol. The zero-order valence-electron chi connectivity index (χ0n) is 7.79. The zero-order valence-corrected chi connectivity index (χ0v) is 7.79. The molecule has 1 heterocycles. The summed E-state index contributed by atoms with van der Waals surface area (Å²) in [6.45, 7) is 0. The largest absolute Gasteiger partial charge is 0.476 e. The number of carbonyl (C=O) groups is 1. The first-order chi connectivity index (χ1) is 7.25. The van der Waals surface area contributed by atoms with Crippen LogP contribution in [0.1, 0.15) is 10.5 Å². The number of aromatic carboxylic acids is 1. The molecule has 5 heteroatoms. The van der Waals surface area contributed by atoms with Crippen molar-refractivity contribution in [2.24, 2.45) is 0 Å². The highest BCUT2D eigenvalue weighted by atomic mass is 16.4. The number of hydrogen-bond acceptors (Lipinski definition) is 3. The molecule has 0 bridgehead atoms. The molecule has 0 unspecified atom stereocenters. The first-order valence-electron chi connectivity index (χ1n) is 4.37. The Morgan fingerprint density at radius 2 is 2.00 bits per heavy atom. The van der Waals surface area contributed by atoms with Crippen LogP contribution >= 0.6 is 0 Å². The Bertz CT molecular complexity index is 465. The molecule has 0 saturated carbocycles. The predicted octanol–water partition coefficient (Wildman–Crippen LogP) is 1.46. The second-order valence-corrected chi connectivity index (χ2v) is 2.93. The highest BCUT2D eigenvalue weighted by Gasteiger charge is 2.05. The summed E-state index contributed by atoms with van der Waals surface area (Å²) < 4.78 is 0. The smallest absolute Gasteiger partial charge is 0.356 e. The van der Waals surface area contributed by atoms with Crippen LogP contribution < -0.4 is 5.43 Å². The lowest BCUT2D eigenvalue weighted by Crippen LogP contribution is -2.10. The van der Waals surface area contributed by atoms with Crippen molar-refractivity contribution in [3.05, 3.63) is 48.3 Å². The Morgan fingerprint density at radius 3 is 2.60 bits per heavy atom. The van der Waals surface area contributed by atoms with E-state index in [0.717, 1.165) is 5.69 Å². The summed E-state index contributed by atoms with van der Waals surface area (Å²) in [5.74, 6) is -1.04. The molecule has 0 fully saturated rings. The number of rotatable bonds is 3. The highest BCUT2D eigenvalue weighted by molar-refractivity contribution is 5.85. The van der Waals surface area contributed by atoms with Crippen molar-refractivity contribution >= 4 is 11.7 Å². The average molecular weight is 203 g/mol. The lowest BCUT2D eigenvalue weighted by molar-refractivity contribution is 0.0690. The van der Waals surface area contributed by atoms with E-state index in [9.17, 15) is 4.79 Å². The highest BCUT2D eigenvalue weighted by Crippen LogP contribution is 2.05. The predicted molar refractivity (Wildman–Crippen MR) is 54.6 cm³/mol. The summed E-state index contributed by atoms with van der Waals surface area (Å²) >= 11 is 0. The minimum atomic E-state index is -1.04. The lowest BCUT2D eigenvalue weighted by atomic mass is 10.3. The summed E-state index contributed by atoms with van der Waals surface area (Å²) in [6, 6.07) is 10.8. The fourth-order valence-electron chi connectivity index (χ4n) is 1.15.